The number of ether oxygens (including phenoxy) is 1. The molecule has 0 bridgehead atoms. The second-order valence-corrected chi connectivity index (χ2v) is 8.70. The third-order valence-electron chi connectivity index (χ3n) is 6.25. The third-order valence-corrected chi connectivity index (χ3v) is 6.25. The molecule has 0 saturated carbocycles. The van der Waals surface area contributed by atoms with Crippen LogP contribution in [0, 0.1) is 18.7 Å². The van der Waals surface area contributed by atoms with E-state index in [1.807, 2.05) is 31.3 Å². The Morgan fingerprint density at radius 1 is 1.18 bits per heavy atom. The van der Waals surface area contributed by atoms with Gasteiger partial charge < -0.3 is 19.7 Å². The van der Waals surface area contributed by atoms with E-state index in [0.29, 0.717) is 6.61 Å². The number of benzene rings is 2. The molecule has 5 rings (SSSR count). The molecule has 0 radical (unpaired) electrons. The number of aromatic amines is 1. The Kier molecular flexibility index (Phi) is 5.88. The number of fused-ring (bicyclic) bond motifs is 1. The van der Waals surface area contributed by atoms with Crippen LogP contribution >= 0.6 is 0 Å². The van der Waals surface area contributed by atoms with E-state index in [2.05, 4.69) is 32.0 Å². The molecular formula is C26H25FN4O3. The molecular weight excluding hydrogens is 435 g/mol. The molecule has 34 heavy (non-hydrogen) atoms. The second-order valence-electron chi connectivity index (χ2n) is 8.70. The molecule has 4 aromatic rings. The first-order valence-electron chi connectivity index (χ1n) is 11.3. The van der Waals surface area contributed by atoms with Crippen molar-refractivity contribution < 1.29 is 19.0 Å². The van der Waals surface area contributed by atoms with Gasteiger partial charge in [-0.1, -0.05) is 6.07 Å². The minimum absolute atomic E-state index is 0.0253. The van der Waals surface area contributed by atoms with Crippen molar-refractivity contribution in [3.8, 4) is 17.1 Å². The van der Waals surface area contributed by atoms with Crippen LogP contribution in [-0.4, -0.2) is 45.7 Å². The number of anilines is 1. The van der Waals surface area contributed by atoms with Crippen LogP contribution in [0.25, 0.3) is 22.4 Å². The van der Waals surface area contributed by atoms with Crippen molar-refractivity contribution in [1.29, 1.82) is 0 Å². The molecule has 0 unspecified atom stereocenters. The predicted molar refractivity (Wildman–Crippen MR) is 128 cm³/mol. The summed E-state index contributed by atoms with van der Waals surface area (Å²) in [5, 5.41) is 9.27. The van der Waals surface area contributed by atoms with Gasteiger partial charge >= 0.3 is 5.97 Å². The lowest BCUT2D eigenvalue weighted by Gasteiger charge is -2.32. The Hall–Kier alpha value is -3.94. The number of pyridine rings is 1. The van der Waals surface area contributed by atoms with Gasteiger partial charge in [0.1, 0.15) is 28.8 Å². The smallest absolute Gasteiger partial charge is 0.339 e. The average Bonchev–Trinajstić information content (AvgIpc) is 3.26. The summed E-state index contributed by atoms with van der Waals surface area (Å²) in [5.74, 6) is 0.411. The number of carboxylic acids is 1. The van der Waals surface area contributed by atoms with Gasteiger partial charge in [0.25, 0.3) is 0 Å². The van der Waals surface area contributed by atoms with Gasteiger partial charge in [-0.2, -0.15) is 0 Å². The van der Waals surface area contributed by atoms with E-state index >= 15 is 0 Å². The van der Waals surface area contributed by atoms with Crippen molar-refractivity contribution in [3.63, 3.8) is 0 Å². The third kappa shape index (κ3) is 4.57. The van der Waals surface area contributed by atoms with Crippen LogP contribution in [0.4, 0.5) is 10.2 Å². The van der Waals surface area contributed by atoms with Crippen LogP contribution in [0.15, 0.2) is 54.7 Å². The summed E-state index contributed by atoms with van der Waals surface area (Å²) in [6.07, 6.45) is 3.60. The van der Waals surface area contributed by atoms with Gasteiger partial charge in [0, 0.05) is 30.9 Å². The Balaban J connectivity index is 1.19. The Morgan fingerprint density at radius 3 is 2.74 bits per heavy atom. The molecule has 3 heterocycles. The average molecular weight is 461 g/mol. The maximum absolute atomic E-state index is 13.5. The first kappa shape index (κ1) is 21.9. The van der Waals surface area contributed by atoms with Crippen molar-refractivity contribution in [2.45, 2.75) is 19.8 Å². The number of hydrogen-bond donors (Lipinski definition) is 2. The zero-order valence-electron chi connectivity index (χ0n) is 18.8. The fourth-order valence-electron chi connectivity index (χ4n) is 4.29. The molecule has 1 aliphatic rings. The number of carbonyl (C=O) groups is 1. The standard InChI is InChI=1S/C26H25FN4O3/c1-16-2-6-21-22(12-16)30-25(29-21)18-3-7-24(28-14-18)31-10-8-17(9-11-31)15-34-23-13-19(27)4-5-20(23)26(32)33/h2-7,12-14,17H,8-11,15H2,1H3,(H,29,30)(H,32,33). The van der Waals surface area contributed by atoms with E-state index in [9.17, 15) is 14.3 Å². The topological polar surface area (TPSA) is 91.3 Å². The lowest BCUT2D eigenvalue weighted by Crippen LogP contribution is -2.36. The highest BCUT2D eigenvalue weighted by Gasteiger charge is 2.22. The van der Waals surface area contributed by atoms with E-state index in [4.69, 9.17) is 4.74 Å². The Morgan fingerprint density at radius 2 is 2.00 bits per heavy atom. The number of hydrogen-bond acceptors (Lipinski definition) is 5. The molecule has 174 valence electrons. The molecule has 2 aromatic heterocycles. The number of rotatable bonds is 6. The van der Waals surface area contributed by atoms with Crippen LogP contribution < -0.4 is 9.64 Å². The summed E-state index contributed by atoms with van der Waals surface area (Å²) in [6, 6.07) is 13.7. The van der Waals surface area contributed by atoms with Crippen LogP contribution in [0.3, 0.4) is 0 Å². The molecule has 2 aromatic carbocycles. The maximum Gasteiger partial charge on any atom is 0.339 e. The molecule has 0 aliphatic carbocycles. The van der Waals surface area contributed by atoms with Crippen LogP contribution in [0.2, 0.25) is 0 Å². The number of aryl methyl sites for hydroxylation is 1. The summed E-state index contributed by atoms with van der Waals surface area (Å²) in [4.78, 5) is 26.2. The number of halogens is 1. The molecule has 2 N–H and O–H groups in total. The summed E-state index contributed by atoms with van der Waals surface area (Å²) in [6.45, 7) is 4.04. The fourth-order valence-corrected chi connectivity index (χ4v) is 4.29. The van der Waals surface area contributed by atoms with Gasteiger partial charge in [-0.3, -0.25) is 0 Å². The van der Waals surface area contributed by atoms with Crippen molar-refractivity contribution in [1.82, 2.24) is 15.0 Å². The molecule has 0 amide bonds. The largest absolute Gasteiger partial charge is 0.492 e. The molecule has 1 aliphatic heterocycles. The molecule has 8 heteroatoms. The van der Waals surface area contributed by atoms with Crippen molar-refractivity contribution in [3.05, 3.63) is 71.7 Å². The van der Waals surface area contributed by atoms with Crippen LogP contribution in [0.5, 0.6) is 5.75 Å². The van der Waals surface area contributed by atoms with Crippen LogP contribution in [-0.2, 0) is 0 Å². The van der Waals surface area contributed by atoms with E-state index in [0.717, 1.165) is 66.3 Å². The second kappa shape index (κ2) is 9.13. The van der Waals surface area contributed by atoms with Gasteiger partial charge in [-0.25, -0.2) is 19.2 Å². The minimum Gasteiger partial charge on any atom is -0.492 e. The lowest BCUT2D eigenvalue weighted by atomic mass is 9.97. The number of aromatic nitrogens is 3. The summed E-state index contributed by atoms with van der Waals surface area (Å²) in [5.41, 5.74) is 4.03. The SMILES string of the molecule is Cc1ccc2[nH]c(-c3ccc(N4CCC(COc5cc(F)ccc5C(=O)O)CC4)nc3)nc2c1. The highest BCUT2D eigenvalue weighted by atomic mass is 19.1. The molecule has 1 saturated heterocycles. The molecule has 0 atom stereocenters. The first-order valence-corrected chi connectivity index (χ1v) is 11.3. The molecule has 1 fully saturated rings. The zero-order valence-corrected chi connectivity index (χ0v) is 18.8. The summed E-state index contributed by atoms with van der Waals surface area (Å²) in [7, 11) is 0. The number of nitrogens with one attached hydrogen (secondary N) is 1. The fraction of sp³-hybridized carbons (Fsp3) is 0.269. The summed E-state index contributed by atoms with van der Waals surface area (Å²) < 4.78 is 19.2. The Labute approximate surface area is 196 Å². The lowest BCUT2D eigenvalue weighted by molar-refractivity contribution is 0.0690. The number of nitrogens with zero attached hydrogens (tertiary/aromatic N) is 3. The Bertz CT molecular complexity index is 1330. The summed E-state index contributed by atoms with van der Waals surface area (Å²) >= 11 is 0. The zero-order chi connectivity index (χ0) is 23.7. The van der Waals surface area contributed by atoms with Gasteiger partial charge in [0.05, 0.1) is 17.6 Å². The van der Waals surface area contributed by atoms with Gasteiger partial charge in [-0.15, -0.1) is 0 Å². The van der Waals surface area contributed by atoms with Gasteiger partial charge in [0.15, 0.2) is 0 Å². The molecule has 0 spiro atoms. The van der Waals surface area contributed by atoms with E-state index < -0.39 is 11.8 Å². The van der Waals surface area contributed by atoms with E-state index in [-0.39, 0.29) is 17.2 Å². The number of imidazole rings is 1. The normalized spacial score (nSPS) is 14.5. The minimum atomic E-state index is -1.13. The number of carboxylic acid groups (broad SMARTS) is 1. The number of piperidine rings is 1. The number of aromatic carboxylic acids is 1. The van der Waals surface area contributed by atoms with Crippen molar-refractivity contribution >= 4 is 22.8 Å². The quantitative estimate of drug-likeness (QED) is 0.418. The van der Waals surface area contributed by atoms with Crippen molar-refractivity contribution in [2.24, 2.45) is 5.92 Å². The van der Waals surface area contributed by atoms with Gasteiger partial charge in [0.2, 0.25) is 0 Å². The highest BCUT2D eigenvalue weighted by Crippen LogP contribution is 2.27. The van der Waals surface area contributed by atoms with E-state index in [1.165, 1.54) is 11.6 Å². The highest BCUT2D eigenvalue weighted by molar-refractivity contribution is 5.90. The van der Waals surface area contributed by atoms with Crippen LogP contribution in [0.1, 0.15) is 28.8 Å². The predicted octanol–water partition coefficient (Wildman–Crippen LogP) is 5.07. The van der Waals surface area contributed by atoms with E-state index in [1.54, 1.807) is 0 Å². The van der Waals surface area contributed by atoms with Gasteiger partial charge in [-0.05, 0) is 67.6 Å². The first-order chi connectivity index (χ1) is 16.5. The molecule has 7 nitrogen and oxygen atoms in total. The van der Waals surface area contributed by atoms with Crippen molar-refractivity contribution in [2.75, 3.05) is 24.6 Å². The maximum atomic E-state index is 13.5. The number of H-pyrrole nitrogens is 1. The monoisotopic (exact) mass is 460 g/mol.